The number of cyclic esters (lactones) is 1. The van der Waals surface area contributed by atoms with Crippen LogP contribution in [0.5, 0.6) is 0 Å². The van der Waals surface area contributed by atoms with Gasteiger partial charge in [-0.15, -0.1) is 0 Å². The molecule has 0 bridgehead atoms. The number of imidazole rings is 1. The number of aromatic nitrogens is 3. The second-order valence-corrected chi connectivity index (χ2v) is 8.16. The van der Waals surface area contributed by atoms with E-state index in [0.29, 0.717) is 12.3 Å². The minimum absolute atomic E-state index is 0.0651. The van der Waals surface area contributed by atoms with Crippen molar-refractivity contribution < 1.29 is 14.6 Å². The van der Waals surface area contributed by atoms with Crippen LogP contribution >= 0.6 is 0 Å². The number of rotatable bonds is 4. The third-order valence-corrected chi connectivity index (χ3v) is 6.51. The zero-order valence-electron chi connectivity index (χ0n) is 16.5. The van der Waals surface area contributed by atoms with Crippen molar-refractivity contribution >= 4 is 12.0 Å². The zero-order chi connectivity index (χ0) is 19.9. The molecule has 0 spiro atoms. The van der Waals surface area contributed by atoms with Crippen molar-refractivity contribution in [3.63, 3.8) is 0 Å². The fourth-order valence-corrected chi connectivity index (χ4v) is 5.21. The summed E-state index contributed by atoms with van der Waals surface area (Å²) in [4.78, 5) is 20.9. The number of nitrogens with zero attached hydrogens (tertiary/aromatic N) is 3. The van der Waals surface area contributed by atoms with Crippen LogP contribution in [-0.4, -0.2) is 37.3 Å². The van der Waals surface area contributed by atoms with E-state index in [1.807, 2.05) is 42.1 Å². The van der Waals surface area contributed by atoms with Gasteiger partial charge in [-0.25, -0.2) is 9.78 Å². The van der Waals surface area contributed by atoms with Gasteiger partial charge in [0.15, 0.2) is 5.60 Å². The Bertz CT molecular complexity index is 862. The molecule has 6 heteroatoms. The molecule has 0 aromatic carbocycles. The molecule has 6 atom stereocenters. The number of ether oxygens (including phenoxy) is 1. The van der Waals surface area contributed by atoms with Crippen molar-refractivity contribution in [1.82, 2.24) is 14.5 Å². The molecule has 1 saturated carbocycles. The van der Waals surface area contributed by atoms with Crippen LogP contribution in [0.15, 0.2) is 43.1 Å². The molecule has 2 aromatic rings. The molecule has 0 radical (unpaired) electrons. The van der Waals surface area contributed by atoms with Crippen LogP contribution in [0.2, 0.25) is 0 Å². The van der Waals surface area contributed by atoms with E-state index in [2.05, 4.69) is 29.9 Å². The quantitative estimate of drug-likeness (QED) is 0.823. The van der Waals surface area contributed by atoms with E-state index in [0.717, 1.165) is 17.8 Å². The van der Waals surface area contributed by atoms with Gasteiger partial charge in [-0.2, -0.15) is 0 Å². The van der Waals surface area contributed by atoms with Gasteiger partial charge in [0.25, 0.3) is 0 Å². The van der Waals surface area contributed by atoms with Crippen molar-refractivity contribution in [2.75, 3.05) is 0 Å². The van der Waals surface area contributed by atoms with Crippen molar-refractivity contribution in [1.29, 1.82) is 0 Å². The first-order chi connectivity index (χ1) is 13.4. The number of carbonyl (C=O) groups excluding carboxylic acids is 1. The molecule has 5 unspecified atom stereocenters. The Labute approximate surface area is 165 Å². The molecule has 1 aliphatic heterocycles. The second-order valence-electron chi connectivity index (χ2n) is 8.16. The van der Waals surface area contributed by atoms with Crippen molar-refractivity contribution in [3.05, 3.63) is 48.8 Å². The third-order valence-electron chi connectivity index (χ3n) is 6.51. The molecule has 2 aromatic heterocycles. The Morgan fingerprint density at radius 3 is 2.86 bits per heavy atom. The highest BCUT2D eigenvalue weighted by atomic mass is 16.6. The van der Waals surface area contributed by atoms with E-state index < -0.39 is 11.6 Å². The van der Waals surface area contributed by atoms with E-state index in [1.165, 1.54) is 0 Å². The predicted molar refractivity (Wildman–Crippen MR) is 105 cm³/mol. The van der Waals surface area contributed by atoms with Crippen molar-refractivity contribution in [2.45, 2.75) is 45.3 Å². The number of carbonyl (C=O) groups is 1. The minimum atomic E-state index is -1.38. The molecule has 6 nitrogen and oxygen atoms in total. The lowest BCUT2D eigenvalue weighted by Gasteiger charge is -2.45. The molecule has 2 aliphatic rings. The molecular weight excluding hydrogens is 354 g/mol. The summed E-state index contributed by atoms with van der Waals surface area (Å²) >= 11 is 0. The van der Waals surface area contributed by atoms with E-state index in [4.69, 9.17) is 4.74 Å². The van der Waals surface area contributed by atoms with Crippen LogP contribution in [-0.2, 0) is 9.53 Å². The highest BCUT2D eigenvalue weighted by molar-refractivity contribution is 5.82. The Hall–Kier alpha value is -2.47. The first-order valence-electron chi connectivity index (χ1n) is 10.00. The van der Waals surface area contributed by atoms with Crippen LogP contribution in [0.3, 0.4) is 0 Å². The number of pyridine rings is 1. The summed E-state index contributed by atoms with van der Waals surface area (Å²) in [5.74, 6) is 0.0181. The molecule has 1 aliphatic carbocycles. The average Bonchev–Trinajstić information content (AvgIpc) is 3.27. The average molecular weight is 381 g/mol. The predicted octanol–water partition coefficient (Wildman–Crippen LogP) is 3.26. The summed E-state index contributed by atoms with van der Waals surface area (Å²) in [6, 6.07) is 3.96. The molecule has 4 rings (SSSR count). The number of fused-ring (bicyclic) bond motifs is 1. The molecule has 2 fully saturated rings. The summed E-state index contributed by atoms with van der Waals surface area (Å²) in [5, 5.41) is 11.1. The van der Waals surface area contributed by atoms with Gasteiger partial charge in [0.2, 0.25) is 0 Å². The van der Waals surface area contributed by atoms with Crippen LogP contribution in [0.1, 0.15) is 39.3 Å². The first kappa shape index (κ1) is 18.9. The van der Waals surface area contributed by atoms with Crippen LogP contribution in [0, 0.1) is 23.7 Å². The Kier molecular flexibility index (Phi) is 4.83. The maximum atomic E-state index is 12.3. The lowest BCUT2D eigenvalue weighted by Crippen LogP contribution is -2.53. The molecule has 148 valence electrons. The highest BCUT2D eigenvalue weighted by Crippen LogP contribution is 2.52. The second kappa shape index (κ2) is 7.17. The molecule has 1 saturated heterocycles. The van der Waals surface area contributed by atoms with Gasteiger partial charge >= 0.3 is 5.97 Å². The van der Waals surface area contributed by atoms with Gasteiger partial charge in [0, 0.05) is 18.3 Å². The molecule has 28 heavy (non-hydrogen) atoms. The van der Waals surface area contributed by atoms with Gasteiger partial charge in [0.1, 0.15) is 6.10 Å². The van der Waals surface area contributed by atoms with Gasteiger partial charge in [-0.3, -0.25) is 4.98 Å². The molecule has 0 amide bonds. The normalized spacial score (nSPS) is 35.1. The Morgan fingerprint density at radius 2 is 2.21 bits per heavy atom. The lowest BCUT2D eigenvalue weighted by atomic mass is 9.59. The number of esters is 1. The number of allylic oxidation sites excluding steroid dienone is 1. The first-order valence-corrected chi connectivity index (χ1v) is 10.00. The number of aliphatic hydroxyl groups is 1. The van der Waals surface area contributed by atoms with Crippen LogP contribution < -0.4 is 0 Å². The number of hydrogen-bond donors (Lipinski definition) is 1. The summed E-state index contributed by atoms with van der Waals surface area (Å²) in [5.41, 5.74) is 0.418. The minimum Gasteiger partial charge on any atom is -0.460 e. The Balaban J connectivity index is 1.61. The maximum absolute atomic E-state index is 12.3. The molecule has 3 heterocycles. The summed E-state index contributed by atoms with van der Waals surface area (Å²) < 4.78 is 7.35. The van der Waals surface area contributed by atoms with Crippen LogP contribution in [0.25, 0.3) is 11.8 Å². The largest absolute Gasteiger partial charge is 0.460 e. The SMILES string of the molecule is CCC1C(C)CC2(O)C(=O)O[C@H](C)C2C1/C=C/c1ccc(-n2ccnc2)cn1. The van der Waals surface area contributed by atoms with Gasteiger partial charge in [0.05, 0.1) is 23.9 Å². The van der Waals surface area contributed by atoms with Gasteiger partial charge < -0.3 is 14.4 Å². The highest BCUT2D eigenvalue weighted by Gasteiger charge is 2.62. The molecule has 1 N–H and O–H groups in total. The Morgan fingerprint density at radius 1 is 1.39 bits per heavy atom. The zero-order valence-corrected chi connectivity index (χ0v) is 16.5. The topological polar surface area (TPSA) is 77.2 Å². The number of hydrogen-bond acceptors (Lipinski definition) is 5. The summed E-state index contributed by atoms with van der Waals surface area (Å²) in [7, 11) is 0. The fraction of sp³-hybridized carbons (Fsp3) is 0.500. The molecular formula is C22H27N3O3. The van der Waals surface area contributed by atoms with Crippen molar-refractivity contribution in [3.8, 4) is 5.69 Å². The van der Waals surface area contributed by atoms with E-state index in [-0.39, 0.29) is 23.9 Å². The van der Waals surface area contributed by atoms with Crippen LogP contribution in [0.4, 0.5) is 0 Å². The van der Waals surface area contributed by atoms with E-state index in [9.17, 15) is 9.90 Å². The smallest absolute Gasteiger partial charge is 0.338 e. The fourth-order valence-electron chi connectivity index (χ4n) is 5.21. The summed E-state index contributed by atoms with van der Waals surface area (Å²) in [6.07, 6.45) is 12.5. The lowest BCUT2D eigenvalue weighted by molar-refractivity contribution is -0.160. The van der Waals surface area contributed by atoms with E-state index >= 15 is 0 Å². The van der Waals surface area contributed by atoms with Crippen molar-refractivity contribution in [2.24, 2.45) is 23.7 Å². The van der Waals surface area contributed by atoms with E-state index in [1.54, 1.807) is 12.5 Å². The standard InChI is InChI=1S/C22H27N3O3/c1-4-18-14(2)11-22(27)20(15(3)28-21(22)26)19(18)8-6-16-5-7-17(12-24-16)25-10-9-23-13-25/h5-10,12-15,18-20,27H,4,11H2,1-3H3/b8-6+/t14?,15-,18?,19?,20?,22?/m1/s1. The van der Waals surface area contributed by atoms with Gasteiger partial charge in [-0.1, -0.05) is 26.3 Å². The monoisotopic (exact) mass is 381 g/mol. The third kappa shape index (κ3) is 3.05. The summed E-state index contributed by atoms with van der Waals surface area (Å²) in [6.45, 7) is 6.19. The van der Waals surface area contributed by atoms with Gasteiger partial charge in [-0.05, 0) is 49.3 Å². The maximum Gasteiger partial charge on any atom is 0.338 e.